The van der Waals surface area contributed by atoms with Gasteiger partial charge in [0.05, 0.1) is 0 Å². The summed E-state index contributed by atoms with van der Waals surface area (Å²) >= 11 is 0. The van der Waals surface area contributed by atoms with Gasteiger partial charge in [-0.05, 0) is 24.1 Å². The summed E-state index contributed by atoms with van der Waals surface area (Å²) in [4.78, 5) is 10.3. The average Bonchev–Trinajstić information content (AvgIpc) is 2.44. The molecule has 13 heavy (non-hydrogen) atoms. The minimum atomic E-state index is 0.279. The lowest BCUT2D eigenvalue weighted by Gasteiger charge is -2.02. The molecule has 0 saturated heterocycles. The van der Waals surface area contributed by atoms with Crippen LogP contribution in [0, 0.1) is 0 Å². The fourth-order valence-electron chi connectivity index (χ4n) is 1.70. The molecule has 0 fully saturated rings. The van der Waals surface area contributed by atoms with E-state index in [9.17, 15) is 4.79 Å². The Morgan fingerprint density at radius 3 is 3.23 bits per heavy atom. The topological polar surface area (TPSA) is 26.3 Å². The molecule has 0 N–H and O–H groups in total. The van der Waals surface area contributed by atoms with Crippen molar-refractivity contribution in [3.63, 3.8) is 0 Å². The van der Waals surface area contributed by atoms with Crippen LogP contribution in [-0.4, -0.2) is 12.4 Å². The minimum Gasteiger partial charge on any atom is -0.490 e. The van der Waals surface area contributed by atoms with Crippen LogP contribution in [0.4, 0.5) is 0 Å². The highest BCUT2D eigenvalue weighted by Crippen LogP contribution is 2.29. The molecule has 0 aliphatic carbocycles. The molecule has 2 nitrogen and oxygen atoms in total. The van der Waals surface area contributed by atoms with E-state index in [1.807, 2.05) is 12.1 Å². The van der Waals surface area contributed by atoms with Crippen LogP contribution < -0.4 is 4.74 Å². The zero-order valence-electron chi connectivity index (χ0n) is 7.62. The number of carbonyl (C=O) groups excluding carboxylic acids is 1. The molecule has 2 heteroatoms. The van der Waals surface area contributed by atoms with Gasteiger partial charge in [0, 0.05) is 12.8 Å². The van der Waals surface area contributed by atoms with Crippen LogP contribution in [0.3, 0.4) is 0 Å². The molecule has 1 aromatic rings. The largest absolute Gasteiger partial charge is 0.490 e. The summed E-state index contributed by atoms with van der Waals surface area (Å²) in [7, 11) is 0. The van der Waals surface area contributed by atoms with Gasteiger partial charge in [0.2, 0.25) is 0 Å². The Bertz CT molecular complexity index is 331. The number of hydrogen-bond acceptors (Lipinski definition) is 2. The maximum Gasteiger partial charge on any atom is 0.124 e. The molecule has 68 valence electrons. The quantitative estimate of drug-likeness (QED) is 0.642. The van der Waals surface area contributed by atoms with E-state index in [4.69, 9.17) is 4.74 Å². The second kappa shape index (κ2) is 3.21. The lowest BCUT2D eigenvalue weighted by molar-refractivity contribution is -0.107. The van der Waals surface area contributed by atoms with E-state index in [1.165, 1.54) is 5.56 Å². The molecule has 1 aliphatic rings. The highest BCUT2D eigenvalue weighted by Gasteiger charge is 2.18. The van der Waals surface area contributed by atoms with Crippen LogP contribution in [0.25, 0.3) is 0 Å². The number of ether oxygens (including phenoxy) is 1. The highest BCUT2D eigenvalue weighted by molar-refractivity contribution is 5.56. The Balaban J connectivity index is 2.29. The predicted octanol–water partition coefficient (Wildman–Crippen LogP) is 1.75. The van der Waals surface area contributed by atoms with Crippen molar-refractivity contribution in [3.8, 4) is 5.75 Å². The summed E-state index contributed by atoms with van der Waals surface area (Å²) in [6.07, 6.45) is 2.67. The Morgan fingerprint density at radius 2 is 2.46 bits per heavy atom. The molecule has 0 radical (unpaired) electrons. The van der Waals surface area contributed by atoms with Gasteiger partial charge in [0.1, 0.15) is 18.1 Å². The van der Waals surface area contributed by atoms with Gasteiger partial charge in [-0.3, -0.25) is 0 Å². The van der Waals surface area contributed by atoms with Crippen molar-refractivity contribution in [2.24, 2.45) is 0 Å². The third-order valence-corrected chi connectivity index (χ3v) is 2.28. The first-order valence-corrected chi connectivity index (χ1v) is 4.51. The molecule has 0 aromatic heterocycles. The first-order valence-electron chi connectivity index (χ1n) is 4.51. The van der Waals surface area contributed by atoms with E-state index < -0.39 is 0 Å². The number of hydrogen-bond donors (Lipinski definition) is 0. The monoisotopic (exact) mass is 176 g/mol. The summed E-state index contributed by atoms with van der Waals surface area (Å²) < 4.78 is 5.55. The number of carbonyl (C=O) groups is 1. The number of rotatable bonds is 2. The third-order valence-electron chi connectivity index (χ3n) is 2.28. The lowest BCUT2D eigenvalue weighted by atomic mass is 10.1. The van der Waals surface area contributed by atoms with Crippen molar-refractivity contribution >= 4 is 6.29 Å². The normalized spacial score (nSPS) is 19.3. The zero-order valence-corrected chi connectivity index (χ0v) is 7.62. The molecule has 1 unspecified atom stereocenters. The Hall–Kier alpha value is -1.31. The second-order valence-corrected chi connectivity index (χ2v) is 3.45. The SMILES string of the molecule is CC1Cc2cc(CC=O)ccc2O1. The molecule has 0 saturated carbocycles. The van der Waals surface area contributed by atoms with Crippen molar-refractivity contribution in [1.29, 1.82) is 0 Å². The fraction of sp³-hybridized carbons (Fsp3) is 0.364. The molecule has 1 aromatic carbocycles. The number of aldehydes is 1. The summed E-state index contributed by atoms with van der Waals surface area (Å²) in [5, 5.41) is 0. The van der Waals surface area contributed by atoms with E-state index >= 15 is 0 Å². The van der Waals surface area contributed by atoms with E-state index in [2.05, 4.69) is 13.0 Å². The molecular weight excluding hydrogens is 164 g/mol. The van der Waals surface area contributed by atoms with Crippen molar-refractivity contribution in [3.05, 3.63) is 29.3 Å². The molecule has 0 amide bonds. The maximum absolute atomic E-state index is 10.3. The van der Waals surface area contributed by atoms with Gasteiger partial charge in [-0.2, -0.15) is 0 Å². The smallest absolute Gasteiger partial charge is 0.124 e. The average molecular weight is 176 g/mol. The van der Waals surface area contributed by atoms with Crippen LogP contribution in [-0.2, 0) is 17.6 Å². The van der Waals surface area contributed by atoms with Crippen LogP contribution >= 0.6 is 0 Å². The molecular formula is C11H12O2. The van der Waals surface area contributed by atoms with Gasteiger partial charge in [0.15, 0.2) is 0 Å². The second-order valence-electron chi connectivity index (χ2n) is 3.45. The Kier molecular flexibility index (Phi) is 2.05. The highest BCUT2D eigenvalue weighted by atomic mass is 16.5. The maximum atomic E-state index is 10.3. The predicted molar refractivity (Wildman–Crippen MR) is 50.0 cm³/mol. The molecule has 1 aliphatic heterocycles. The van der Waals surface area contributed by atoms with Crippen LogP contribution in [0.15, 0.2) is 18.2 Å². The summed E-state index contributed by atoms with van der Waals surface area (Å²) in [6, 6.07) is 5.97. The number of benzene rings is 1. The molecule has 0 spiro atoms. The fourth-order valence-corrected chi connectivity index (χ4v) is 1.70. The van der Waals surface area contributed by atoms with Crippen molar-refractivity contribution in [2.75, 3.05) is 0 Å². The van der Waals surface area contributed by atoms with E-state index in [0.29, 0.717) is 6.42 Å². The first-order chi connectivity index (χ1) is 6.29. The summed E-state index contributed by atoms with van der Waals surface area (Å²) in [5.41, 5.74) is 2.30. The molecule has 2 rings (SSSR count). The summed E-state index contributed by atoms with van der Waals surface area (Å²) in [5.74, 6) is 0.974. The van der Waals surface area contributed by atoms with Gasteiger partial charge in [-0.15, -0.1) is 0 Å². The lowest BCUT2D eigenvalue weighted by Crippen LogP contribution is -2.05. The standard InChI is InChI=1S/C11H12O2/c1-8-6-10-7-9(4-5-12)2-3-11(10)13-8/h2-3,5,7-8H,4,6H2,1H3. The van der Waals surface area contributed by atoms with Gasteiger partial charge in [-0.1, -0.05) is 12.1 Å². The van der Waals surface area contributed by atoms with Crippen molar-refractivity contribution in [1.82, 2.24) is 0 Å². The van der Waals surface area contributed by atoms with Gasteiger partial charge in [-0.25, -0.2) is 0 Å². The van der Waals surface area contributed by atoms with Gasteiger partial charge < -0.3 is 9.53 Å². The molecule has 1 heterocycles. The van der Waals surface area contributed by atoms with Gasteiger partial charge in [0.25, 0.3) is 0 Å². The molecule has 0 bridgehead atoms. The first kappa shape index (κ1) is 8.30. The number of fused-ring (bicyclic) bond motifs is 1. The van der Waals surface area contributed by atoms with E-state index in [1.54, 1.807) is 0 Å². The third kappa shape index (κ3) is 1.57. The van der Waals surface area contributed by atoms with E-state index in [-0.39, 0.29) is 6.10 Å². The molecule has 1 atom stereocenters. The van der Waals surface area contributed by atoms with Crippen molar-refractivity contribution in [2.45, 2.75) is 25.9 Å². The Morgan fingerprint density at radius 1 is 1.62 bits per heavy atom. The van der Waals surface area contributed by atoms with Gasteiger partial charge >= 0.3 is 0 Å². The minimum absolute atomic E-state index is 0.279. The zero-order chi connectivity index (χ0) is 9.26. The van der Waals surface area contributed by atoms with Crippen LogP contribution in [0.5, 0.6) is 5.75 Å². The summed E-state index contributed by atoms with van der Waals surface area (Å²) in [6.45, 7) is 2.05. The Labute approximate surface area is 77.5 Å². The van der Waals surface area contributed by atoms with Crippen LogP contribution in [0.1, 0.15) is 18.1 Å². The van der Waals surface area contributed by atoms with Crippen LogP contribution in [0.2, 0.25) is 0 Å². The van der Waals surface area contributed by atoms with Crippen molar-refractivity contribution < 1.29 is 9.53 Å². The van der Waals surface area contributed by atoms with E-state index in [0.717, 1.165) is 24.0 Å².